The van der Waals surface area contributed by atoms with Crippen LogP contribution >= 0.6 is 23.2 Å². The first-order valence-electron chi connectivity index (χ1n) is 5.37. The molecule has 1 unspecified atom stereocenters. The number of nitrogens with one attached hydrogen (secondary N) is 1. The van der Waals surface area contributed by atoms with E-state index in [1.165, 1.54) is 7.11 Å². The maximum Gasteiger partial charge on any atom is 0.253 e. The average Bonchev–Trinajstić information content (AvgIpc) is 2.30. The van der Waals surface area contributed by atoms with Gasteiger partial charge in [0.25, 0.3) is 5.91 Å². The Hall–Kier alpha value is -0.770. The van der Waals surface area contributed by atoms with Crippen LogP contribution in [0, 0.1) is 0 Å². The smallest absolute Gasteiger partial charge is 0.253 e. The molecule has 0 saturated carbocycles. The number of anilines is 1. The molecule has 0 heterocycles. The van der Waals surface area contributed by atoms with E-state index in [0.717, 1.165) is 6.42 Å². The molecule has 0 bridgehead atoms. The van der Waals surface area contributed by atoms with Crippen LogP contribution in [-0.4, -0.2) is 19.1 Å². The maximum absolute atomic E-state index is 11.8. The molecule has 0 aliphatic rings. The number of benzene rings is 1. The molecular weight excluding hydrogens is 261 g/mol. The monoisotopic (exact) mass is 275 g/mol. The predicted octanol–water partition coefficient (Wildman–Crippen LogP) is 3.75. The van der Waals surface area contributed by atoms with Gasteiger partial charge in [-0.3, -0.25) is 4.79 Å². The molecule has 0 aliphatic carbocycles. The Labute approximate surface area is 111 Å². The van der Waals surface area contributed by atoms with Crippen LogP contribution in [0.25, 0.3) is 0 Å². The van der Waals surface area contributed by atoms with E-state index in [1.54, 1.807) is 18.2 Å². The number of rotatable bonds is 5. The summed E-state index contributed by atoms with van der Waals surface area (Å²) in [5.74, 6) is -0.173. The van der Waals surface area contributed by atoms with Gasteiger partial charge in [-0.2, -0.15) is 0 Å². The third kappa shape index (κ3) is 4.19. The first-order valence-corrected chi connectivity index (χ1v) is 6.12. The molecule has 1 aromatic carbocycles. The largest absolute Gasteiger partial charge is 0.372 e. The molecule has 1 rings (SSSR count). The van der Waals surface area contributed by atoms with Crippen molar-refractivity contribution in [1.82, 2.24) is 0 Å². The number of carbonyl (C=O) groups excluding carboxylic acids is 1. The molecule has 3 nitrogen and oxygen atoms in total. The number of carbonyl (C=O) groups is 1. The predicted molar refractivity (Wildman–Crippen MR) is 70.8 cm³/mol. The van der Waals surface area contributed by atoms with Crippen LogP contribution in [0.3, 0.4) is 0 Å². The van der Waals surface area contributed by atoms with Crippen molar-refractivity contribution in [2.75, 3.05) is 12.4 Å². The number of halogens is 2. The molecule has 0 spiro atoms. The van der Waals surface area contributed by atoms with Crippen molar-refractivity contribution >= 4 is 34.8 Å². The lowest BCUT2D eigenvalue weighted by Crippen LogP contribution is -2.29. The van der Waals surface area contributed by atoms with E-state index in [-0.39, 0.29) is 5.91 Å². The standard InChI is InChI=1S/C12H15Cl2NO2/c1-3-4-11(17-2)12(16)15-8-5-6-9(13)10(14)7-8/h5-7,11H,3-4H2,1-2H3,(H,15,16). The third-order valence-corrected chi connectivity index (χ3v) is 3.05. The summed E-state index contributed by atoms with van der Waals surface area (Å²) in [7, 11) is 1.52. The summed E-state index contributed by atoms with van der Waals surface area (Å²) in [6.45, 7) is 2.00. The second-order valence-electron chi connectivity index (χ2n) is 3.63. The molecule has 1 atom stereocenters. The first-order chi connectivity index (χ1) is 8.08. The van der Waals surface area contributed by atoms with Crippen LogP contribution in [0.15, 0.2) is 18.2 Å². The fraction of sp³-hybridized carbons (Fsp3) is 0.417. The van der Waals surface area contributed by atoms with E-state index in [1.807, 2.05) is 6.92 Å². The molecule has 1 amide bonds. The Balaban J connectivity index is 2.69. The topological polar surface area (TPSA) is 38.3 Å². The van der Waals surface area contributed by atoms with Gasteiger partial charge in [0.2, 0.25) is 0 Å². The Morgan fingerprint density at radius 2 is 2.12 bits per heavy atom. The van der Waals surface area contributed by atoms with Gasteiger partial charge in [0.1, 0.15) is 6.10 Å². The molecule has 0 radical (unpaired) electrons. The van der Waals surface area contributed by atoms with Gasteiger partial charge in [0, 0.05) is 12.8 Å². The van der Waals surface area contributed by atoms with Gasteiger partial charge >= 0.3 is 0 Å². The molecule has 17 heavy (non-hydrogen) atoms. The van der Waals surface area contributed by atoms with Gasteiger partial charge in [-0.15, -0.1) is 0 Å². The fourth-order valence-electron chi connectivity index (χ4n) is 1.41. The summed E-state index contributed by atoms with van der Waals surface area (Å²) in [5, 5.41) is 3.61. The van der Waals surface area contributed by atoms with Gasteiger partial charge in [-0.1, -0.05) is 36.5 Å². The lowest BCUT2D eigenvalue weighted by Gasteiger charge is -2.14. The molecule has 0 fully saturated rings. The van der Waals surface area contributed by atoms with Crippen LogP contribution < -0.4 is 5.32 Å². The van der Waals surface area contributed by atoms with Crippen LogP contribution in [0.1, 0.15) is 19.8 Å². The maximum atomic E-state index is 11.8. The highest BCUT2D eigenvalue weighted by Gasteiger charge is 2.16. The van der Waals surface area contributed by atoms with Crippen molar-refractivity contribution in [2.24, 2.45) is 0 Å². The van der Waals surface area contributed by atoms with Crippen LogP contribution in [0.2, 0.25) is 10.0 Å². The molecular formula is C12H15Cl2NO2. The Morgan fingerprint density at radius 3 is 2.65 bits per heavy atom. The molecule has 1 aromatic rings. The van der Waals surface area contributed by atoms with Crippen molar-refractivity contribution in [3.63, 3.8) is 0 Å². The zero-order chi connectivity index (χ0) is 12.8. The minimum atomic E-state index is -0.436. The summed E-state index contributed by atoms with van der Waals surface area (Å²) >= 11 is 11.6. The lowest BCUT2D eigenvalue weighted by atomic mass is 10.2. The number of hydrogen-bond acceptors (Lipinski definition) is 2. The molecule has 0 aromatic heterocycles. The van der Waals surface area contributed by atoms with Crippen molar-refractivity contribution < 1.29 is 9.53 Å². The lowest BCUT2D eigenvalue weighted by molar-refractivity contribution is -0.126. The van der Waals surface area contributed by atoms with Crippen LogP contribution in [-0.2, 0) is 9.53 Å². The first kappa shape index (κ1) is 14.3. The van der Waals surface area contributed by atoms with Crippen molar-refractivity contribution in [1.29, 1.82) is 0 Å². The molecule has 94 valence electrons. The van der Waals surface area contributed by atoms with Gasteiger partial charge in [-0.25, -0.2) is 0 Å². The van der Waals surface area contributed by atoms with E-state index in [9.17, 15) is 4.79 Å². The Kier molecular flexibility index (Phi) is 5.75. The van der Waals surface area contributed by atoms with E-state index in [2.05, 4.69) is 5.32 Å². The van der Waals surface area contributed by atoms with Crippen molar-refractivity contribution in [3.8, 4) is 0 Å². The minimum Gasteiger partial charge on any atom is -0.372 e. The van der Waals surface area contributed by atoms with Gasteiger partial charge in [0.05, 0.1) is 10.0 Å². The SMILES string of the molecule is CCCC(OC)C(=O)Nc1ccc(Cl)c(Cl)c1. The number of methoxy groups -OCH3 is 1. The van der Waals surface area contributed by atoms with E-state index in [4.69, 9.17) is 27.9 Å². The highest BCUT2D eigenvalue weighted by Crippen LogP contribution is 2.25. The molecule has 0 aliphatic heterocycles. The van der Waals surface area contributed by atoms with Crippen LogP contribution in [0.4, 0.5) is 5.69 Å². The summed E-state index contributed by atoms with van der Waals surface area (Å²) in [4.78, 5) is 11.8. The number of hydrogen-bond donors (Lipinski definition) is 1. The Bertz CT molecular complexity index is 396. The zero-order valence-electron chi connectivity index (χ0n) is 9.80. The normalized spacial score (nSPS) is 12.2. The molecule has 5 heteroatoms. The number of amides is 1. The van der Waals surface area contributed by atoms with Crippen LogP contribution in [0.5, 0.6) is 0 Å². The highest BCUT2D eigenvalue weighted by molar-refractivity contribution is 6.42. The summed E-state index contributed by atoms with van der Waals surface area (Å²) in [6, 6.07) is 4.95. The van der Waals surface area contributed by atoms with E-state index < -0.39 is 6.10 Å². The van der Waals surface area contributed by atoms with Crippen molar-refractivity contribution in [2.45, 2.75) is 25.9 Å². The van der Waals surface area contributed by atoms with Gasteiger partial charge in [-0.05, 0) is 24.6 Å². The highest BCUT2D eigenvalue weighted by atomic mass is 35.5. The Morgan fingerprint density at radius 1 is 1.41 bits per heavy atom. The average molecular weight is 276 g/mol. The summed E-state index contributed by atoms with van der Waals surface area (Å²) in [6.07, 6.45) is 1.13. The summed E-state index contributed by atoms with van der Waals surface area (Å²) in [5.41, 5.74) is 0.613. The quantitative estimate of drug-likeness (QED) is 0.889. The van der Waals surface area contributed by atoms with E-state index in [0.29, 0.717) is 22.2 Å². The third-order valence-electron chi connectivity index (χ3n) is 2.31. The molecule has 0 saturated heterocycles. The van der Waals surface area contributed by atoms with Gasteiger partial charge < -0.3 is 10.1 Å². The van der Waals surface area contributed by atoms with E-state index >= 15 is 0 Å². The number of ether oxygens (including phenoxy) is 1. The van der Waals surface area contributed by atoms with Crippen molar-refractivity contribution in [3.05, 3.63) is 28.2 Å². The second-order valence-corrected chi connectivity index (χ2v) is 4.45. The molecule has 1 N–H and O–H groups in total. The zero-order valence-corrected chi connectivity index (χ0v) is 11.3. The minimum absolute atomic E-state index is 0.173. The second kappa shape index (κ2) is 6.84. The fourth-order valence-corrected chi connectivity index (χ4v) is 1.71. The summed E-state index contributed by atoms with van der Waals surface area (Å²) < 4.78 is 5.11. The van der Waals surface area contributed by atoms with Gasteiger partial charge in [0.15, 0.2) is 0 Å².